The Balaban J connectivity index is 2.02. The molecule has 1 aromatic carbocycles. The van der Waals surface area contributed by atoms with Gasteiger partial charge in [0.15, 0.2) is 0 Å². The Bertz CT molecular complexity index is 597. The first kappa shape index (κ1) is 14.0. The summed E-state index contributed by atoms with van der Waals surface area (Å²) in [5, 5.41) is 2.68. The lowest BCUT2D eigenvalue weighted by atomic mass is 10.2. The highest BCUT2D eigenvalue weighted by atomic mass is 32.2. The summed E-state index contributed by atoms with van der Waals surface area (Å²) in [7, 11) is -3.80. The maximum atomic E-state index is 12.9. The molecule has 0 aromatic heterocycles. The second-order valence-corrected chi connectivity index (χ2v) is 6.31. The fourth-order valence-electron chi connectivity index (χ4n) is 1.66. The quantitative estimate of drug-likeness (QED) is 0.836. The van der Waals surface area contributed by atoms with Crippen LogP contribution in [0.25, 0.3) is 0 Å². The second kappa shape index (κ2) is 5.26. The van der Waals surface area contributed by atoms with Crippen LogP contribution in [0.2, 0.25) is 0 Å². The van der Waals surface area contributed by atoms with E-state index < -0.39 is 15.8 Å². The van der Waals surface area contributed by atoms with Crippen LogP contribution < -0.4 is 10.0 Å². The molecule has 5 nitrogen and oxygen atoms in total. The van der Waals surface area contributed by atoms with Crippen molar-refractivity contribution in [2.75, 3.05) is 6.54 Å². The third-order valence-electron chi connectivity index (χ3n) is 2.79. The van der Waals surface area contributed by atoms with E-state index in [0.717, 1.165) is 25.0 Å². The van der Waals surface area contributed by atoms with Gasteiger partial charge in [-0.25, -0.2) is 17.5 Å². The summed E-state index contributed by atoms with van der Waals surface area (Å²) in [6, 6.07) is 3.58. The first-order valence-electron chi connectivity index (χ1n) is 5.94. The number of halogens is 1. The van der Waals surface area contributed by atoms with Crippen LogP contribution >= 0.6 is 0 Å². The fourth-order valence-corrected chi connectivity index (χ4v) is 2.87. The maximum absolute atomic E-state index is 12.9. The second-order valence-electron chi connectivity index (χ2n) is 4.58. The summed E-state index contributed by atoms with van der Waals surface area (Å²) >= 11 is 0. The Labute approximate surface area is 111 Å². The first-order chi connectivity index (χ1) is 8.88. The van der Waals surface area contributed by atoms with Crippen LogP contribution in [0, 0.1) is 12.7 Å². The van der Waals surface area contributed by atoms with Gasteiger partial charge in [0.25, 0.3) is 0 Å². The number of carbonyl (C=O) groups is 1. The number of hydrogen-bond acceptors (Lipinski definition) is 3. The molecule has 0 atom stereocenters. The van der Waals surface area contributed by atoms with E-state index in [1.807, 2.05) is 0 Å². The molecule has 0 aliphatic heterocycles. The van der Waals surface area contributed by atoms with Crippen LogP contribution in [0.1, 0.15) is 18.4 Å². The fraction of sp³-hybridized carbons (Fsp3) is 0.417. The van der Waals surface area contributed by atoms with Gasteiger partial charge in [-0.15, -0.1) is 0 Å². The summed E-state index contributed by atoms with van der Waals surface area (Å²) in [5.74, 6) is -0.853. The van der Waals surface area contributed by atoms with E-state index >= 15 is 0 Å². The topological polar surface area (TPSA) is 75.3 Å². The van der Waals surface area contributed by atoms with Crippen molar-refractivity contribution in [3.63, 3.8) is 0 Å². The zero-order chi connectivity index (χ0) is 14.0. The molecule has 2 rings (SSSR count). The van der Waals surface area contributed by atoms with Gasteiger partial charge in [0, 0.05) is 6.04 Å². The van der Waals surface area contributed by atoms with E-state index in [1.165, 1.54) is 13.0 Å². The molecule has 1 aliphatic carbocycles. The normalized spacial score (nSPS) is 15.3. The van der Waals surface area contributed by atoms with Gasteiger partial charge < -0.3 is 5.32 Å². The summed E-state index contributed by atoms with van der Waals surface area (Å²) < 4.78 is 39.0. The lowest BCUT2D eigenvalue weighted by molar-refractivity contribution is -0.120. The number of benzene rings is 1. The number of sulfonamides is 1. The van der Waals surface area contributed by atoms with Gasteiger partial charge in [0.1, 0.15) is 5.82 Å². The van der Waals surface area contributed by atoms with Crippen LogP contribution in [-0.2, 0) is 14.8 Å². The molecule has 0 radical (unpaired) electrons. The van der Waals surface area contributed by atoms with Crippen LogP contribution in [0.3, 0.4) is 0 Å². The number of hydrogen-bond donors (Lipinski definition) is 2. The lowest BCUT2D eigenvalue weighted by Gasteiger charge is -2.09. The molecule has 0 heterocycles. The largest absolute Gasteiger partial charge is 0.352 e. The first-order valence-corrected chi connectivity index (χ1v) is 7.42. The highest BCUT2D eigenvalue weighted by Gasteiger charge is 2.24. The molecule has 0 saturated heterocycles. The van der Waals surface area contributed by atoms with Crippen molar-refractivity contribution in [2.45, 2.75) is 30.7 Å². The molecule has 7 heteroatoms. The molecular weight excluding hydrogens is 271 g/mol. The number of rotatable bonds is 5. The Hall–Kier alpha value is -1.47. The monoisotopic (exact) mass is 286 g/mol. The molecule has 1 aliphatic rings. The Morgan fingerprint density at radius 2 is 2.11 bits per heavy atom. The SMILES string of the molecule is Cc1cc(F)ccc1S(=O)(=O)NCC(=O)NC1CC1. The maximum Gasteiger partial charge on any atom is 0.241 e. The molecule has 1 fully saturated rings. The molecule has 2 N–H and O–H groups in total. The van der Waals surface area contributed by atoms with Gasteiger partial charge in [-0.3, -0.25) is 4.79 Å². The third-order valence-corrected chi connectivity index (χ3v) is 4.35. The number of aryl methyl sites for hydroxylation is 1. The van der Waals surface area contributed by atoms with Crippen molar-refractivity contribution in [3.05, 3.63) is 29.6 Å². The van der Waals surface area contributed by atoms with Crippen molar-refractivity contribution in [1.82, 2.24) is 10.0 Å². The van der Waals surface area contributed by atoms with E-state index in [0.29, 0.717) is 5.56 Å². The molecular formula is C12H15FN2O3S. The minimum atomic E-state index is -3.80. The van der Waals surface area contributed by atoms with Gasteiger partial charge in [0.2, 0.25) is 15.9 Å². The van der Waals surface area contributed by atoms with Crippen LogP contribution in [0.4, 0.5) is 4.39 Å². The number of nitrogens with one attached hydrogen (secondary N) is 2. The van der Waals surface area contributed by atoms with Gasteiger partial charge in [0.05, 0.1) is 11.4 Å². The number of carbonyl (C=O) groups excluding carboxylic acids is 1. The van der Waals surface area contributed by atoms with Crippen molar-refractivity contribution in [3.8, 4) is 0 Å². The van der Waals surface area contributed by atoms with Gasteiger partial charge >= 0.3 is 0 Å². The van der Waals surface area contributed by atoms with Crippen molar-refractivity contribution >= 4 is 15.9 Å². The molecule has 1 aromatic rings. The highest BCUT2D eigenvalue weighted by Crippen LogP contribution is 2.18. The molecule has 1 amide bonds. The molecule has 0 spiro atoms. The summed E-state index contributed by atoms with van der Waals surface area (Å²) in [4.78, 5) is 11.4. The van der Waals surface area contributed by atoms with Gasteiger partial charge in [-0.1, -0.05) is 0 Å². The van der Waals surface area contributed by atoms with E-state index in [2.05, 4.69) is 10.0 Å². The predicted molar refractivity (Wildman–Crippen MR) is 67.5 cm³/mol. The zero-order valence-corrected chi connectivity index (χ0v) is 11.3. The van der Waals surface area contributed by atoms with Crippen LogP contribution in [0.5, 0.6) is 0 Å². The standard InChI is InChI=1S/C12H15FN2O3S/c1-8-6-9(13)2-5-11(8)19(17,18)14-7-12(16)15-10-3-4-10/h2,5-6,10,14H,3-4,7H2,1H3,(H,15,16). The number of amides is 1. The smallest absolute Gasteiger partial charge is 0.241 e. The highest BCUT2D eigenvalue weighted by molar-refractivity contribution is 7.89. The predicted octanol–water partition coefficient (Wildman–Crippen LogP) is 0.691. The van der Waals surface area contributed by atoms with Crippen molar-refractivity contribution in [1.29, 1.82) is 0 Å². The van der Waals surface area contributed by atoms with Crippen molar-refractivity contribution < 1.29 is 17.6 Å². The van der Waals surface area contributed by atoms with E-state index in [-0.39, 0.29) is 23.4 Å². The average Bonchev–Trinajstić information content (AvgIpc) is 3.10. The average molecular weight is 286 g/mol. The van der Waals surface area contributed by atoms with E-state index in [1.54, 1.807) is 0 Å². The van der Waals surface area contributed by atoms with Crippen LogP contribution in [-0.4, -0.2) is 26.9 Å². The Kier molecular flexibility index (Phi) is 3.86. The molecule has 0 bridgehead atoms. The molecule has 1 saturated carbocycles. The summed E-state index contributed by atoms with van der Waals surface area (Å²) in [6.45, 7) is 1.19. The summed E-state index contributed by atoms with van der Waals surface area (Å²) in [6.07, 6.45) is 1.88. The molecule has 19 heavy (non-hydrogen) atoms. The summed E-state index contributed by atoms with van der Waals surface area (Å²) in [5.41, 5.74) is 0.301. The minimum absolute atomic E-state index is 0.0203. The van der Waals surface area contributed by atoms with E-state index in [9.17, 15) is 17.6 Å². The molecule has 0 unspecified atom stereocenters. The molecule has 104 valence electrons. The van der Waals surface area contributed by atoms with Crippen LogP contribution in [0.15, 0.2) is 23.1 Å². The van der Waals surface area contributed by atoms with Crippen molar-refractivity contribution in [2.24, 2.45) is 0 Å². The Morgan fingerprint density at radius 1 is 1.42 bits per heavy atom. The Morgan fingerprint density at radius 3 is 2.68 bits per heavy atom. The van der Waals surface area contributed by atoms with Gasteiger partial charge in [-0.2, -0.15) is 0 Å². The minimum Gasteiger partial charge on any atom is -0.352 e. The van der Waals surface area contributed by atoms with Gasteiger partial charge in [-0.05, 0) is 43.5 Å². The lowest BCUT2D eigenvalue weighted by Crippen LogP contribution is -2.38. The van der Waals surface area contributed by atoms with E-state index in [4.69, 9.17) is 0 Å². The zero-order valence-electron chi connectivity index (χ0n) is 10.4. The third kappa shape index (κ3) is 3.74.